The number of rotatable bonds is 5. The molecule has 0 radical (unpaired) electrons. The zero-order valence-corrected chi connectivity index (χ0v) is 12.1. The highest BCUT2D eigenvalue weighted by molar-refractivity contribution is 5.57. The van der Waals surface area contributed by atoms with Crippen LogP contribution in [-0.4, -0.2) is 15.1 Å². The second-order valence-electron chi connectivity index (χ2n) is 4.99. The molecule has 4 nitrogen and oxygen atoms in total. The standard InChI is InChI=1S/C18H17N3O/c22-18-10-2-1-9-17(18)21(13-15-7-3-5-11-19-15)14-16-8-4-6-12-20-16/h1-12,22H,13-14H2. The molecule has 0 aliphatic heterocycles. The van der Waals surface area contributed by atoms with Crippen LogP contribution in [0.3, 0.4) is 0 Å². The van der Waals surface area contributed by atoms with E-state index in [0.717, 1.165) is 17.1 Å². The Labute approximate surface area is 129 Å². The lowest BCUT2D eigenvalue weighted by Crippen LogP contribution is -2.23. The van der Waals surface area contributed by atoms with E-state index in [0.29, 0.717) is 13.1 Å². The van der Waals surface area contributed by atoms with E-state index in [9.17, 15) is 5.11 Å². The van der Waals surface area contributed by atoms with Crippen LogP contribution in [0.5, 0.6) is 5.75 Å². The van der Waals surface area contributed by atoms with Gasteiger partial charge < -0.3 is 10.0 Å². The van der Waals surface area contributed by atoms with Gasteiger partial charge >= 0.3 is 0 Å². The first-order valence-corrected chi connectivity index (χ1v) is 7.16. The van der Waals surface area contributed by atoms with Crippen LogP contribution in [0, 0.1) is 0 Å². The fourth-order valence-corrected chi connectivity index (χ4v) is 2.33. The summed E-state index contributed by atoms with van der Waals surface area (Å²) in [5.41, 5.74) is 2.67. The molecule has 0 aliphatic rings. The Bertz CT molecular complexity index is 675. The molecule has 0 saturated heterocycles. The maximum absolute atomic E-state index is 10.2. The van der Waals surface area contributed by atoms with Crippen molar-refractivity contribution in [2.45, 2.75) is 13.1 Å². The predicted octanol–water partition coefficient (Wildman–Crippen LogP) is 3.39. The van der Waals surface area contributed by atoms with Gasteiger partial charge in [0.1, 0.15) is 5.75 Å². The minimum atomic E-state index is 0.259. The van der Waals surface area contributed by atoms with Crippen molar-refractivity contribution in [1.82, 2.24) is 9.97 Å². The topological polar surface area (TPSA) is 49.2 Å². The third-order valence-corrected chi connectivity index (χ3v) is 3.38. The van der Waals surface area contributed by atoms with Crippen LogP contribution in [0.15, 0.2) is 73.1 Å². The number of aromatic hydroxyl groups is 1. The molecule has 0 fully saturated rings. The van der Waals surface area contributed by atoms with Gasteiger partial charge in [0.25, 0.3) is 0 Å². The summed E-state index contributed by atoms with van der Waals surface area (Å²) >= 11 is 0. The highest BCUT2D eigenvalue weighted by Gasteiger charge is 2.13. The second-order valence-corrected chi connectivity index (χ2v) is 4.99. The Morgan fingerprint density at radius 2 is 1.27 bits per heavy atom. The summed E-state index contributed by atoms with van der Waals surface area (Å²) in [6.45, 7) is 1.21. The van der Waals surface area contributed by atoms with E-state index in [1.54, 1.807) is 18.5 Å². The lowest BCUT2D eigenvalue weighted by molar-refractivity contribution is 0.473. The molecule has 0 saturated carbocycles. The van der Waals surface area contributed by atoms with Crippen LogP contribution in [0.2, 0.25) is 0 Å². The smallest absolute Gasteiger partial charge is 0.138 e. The van der Waals surface area contributed by atoms with Crippen LogP contribution in [0.25, 0.3) is 0 Å². The summed E-state index contributed by atoms with van der Waals surface area (Å²) in [6.07, 6.45) is 3.55. The molecule has 3 aromatic rings. The SMILES string of the molecule is Oc1ccccc1N(Cc1ccccn1)Cc1ccccn1. The summed E-state index contributed by atoms with van der Waals surface area (Å²) in [7, 11) is 0. The van der Waals surface area contributed by atoms with Gasteiger partial charge in [-0.1, -0.05) is 24.3 Å². The lowest BCUT2D eigenvalue weighted by atomic mass is 10.2. The van der Waals surface area contributed by atoms with Crippen LogP contribution in [0.1, 0.15) is 11.4 Å². The van der Waals surface area contributed by atoms with Crippen molar-refractivity contribution < 1.29 is 5.11 Å². The fraction of sp³-hybridized carbons (Fsp3) is 0.111. The van der Waals surface area contributed by atoms with Gasteiger partial charge in [-0.2, -0.15) is 0 Å². The Morgan fingerprint density at radius 3 is 1.77 bits per heavy atom. The molecule has 0 aliphatic carbocycles. The molecule has 0 atom stereocenters. The summed E-state index contributed by atoms with van der Waals surface area (Å²) in [5.74, 6) is 0.259. The number of pyridine rings is 2. The molecular formula is C18H17N3O. The van der Waals surface area contributed by atoms with E-state index in [2.05, 4.69) is 14.9 Å². The molecule has 0 unspecified atom stereocenters. The van der Waals surface area contributed by atoms with Gasteiger partial charge in [-0.15, -0.1) is 0 Å². The zero-order valence-electron chi connectivity index (χ0n) is 12.1. The fourth-order valence-electron chi connectivity index (χ4n) is 2.33. The maximum Gasteiger partial charge on any atom is 0.138 e. The van der Waals surface area contributed by atoms with Gasteiger partial charge in [0, 0.05) is 12.4 Å². The average molecular weight is 291 g/mol. The third kappa shape index (κ3) is 3.41. The second kappa shape index (κ2) is 6.72. The van der Waals surface area contributed by atoms with Crippen molar-refractivity contribution in [2.75, 3.05) is 4.90 Å². The normalized spacial score (nSPS) is 10.4. The van der Waals surface area contributed by atoms with Gasteiger partial charge in [0.05, 0.1) is 30.2 Å². The third-order valence-electron chi connectivity index (χ3n) is 3.38. The summed E-state index contributed by atoms with van der Waals surface area (Å²) in [5, 5.41) is 10.2. The Hall–Kier alpha value is -2.88. The van der Waals surface area contributed by atoms with E-state index in [4.69, 9.17) is 0 Å². The summed E-state index contributed by atoms with van der Waals surface area (Å²) in [4.78, 5) is 10.8. The molecule has 22 heavy (non-hydrogen) atoms. The quantitative estimate of drug-likeness (QED) is 0.783. The number of aromatic nitrogens is 2. The Balaban J connectivity index is 1.90. The van der Waals surface area contributed by atoms with Gasteiger partial charge in [0.15, 0.2) is 0 Å². The number of benzene rings is 1. The number of hydrogen-bond acceptors (Lipinski definition) is 4. The van der Waals surface area contributed by atoms with E-state index in [1.807, 2.05) is 54.6 Å². The first kappa shape index (κ1) is 14.1. The minimum absolute atomic E-state index is 0.259. The molecule has 4 heteroatoms. The van der Waals surface area contributed by atoms with Crippen LogP contribution < -0.4 is 4.90 Å². The summed E-state index contributed by atoms with van der Waals surface area (Å²) in [6, 6.07) is 19.0. The highest BCUT2D eigenvalue weighted by Crippen LogP contribution is 2.28. The molecule has 2 heterocycles. The van der Waals surface area contributed by atoms with Crippen molar-refractivity contribution in [3.8, 4) is 5.75 Å². The van der Waals surface area contributed by atoms with Crippen molar-refractivity contribution in [2.24, 2.45) is 0 Å². The zero-order chi connectivity index (χ0) is 15.2. The number of phenols is 1. The highest BCUT2D eigenvalue weighted by atomic mass is 16.3. The average Bonchev–Trinajstić information content (AvgIpc) is 2.57. The van der Waals surface area contributed by atoms with E-state index in [-0.39, 0.29) is 5.75 Å². The van der Waals surface area contributed by atoms with Crippen molar-refractivity contribution in [3.05, 3.63) is 84.4 Å². The summed E-state index contributed by atoms with van der Waals surface area (Å²) < 4.78 is 0. The number of hydrogen-bond donors (Lipinski definition) is 1. The van der Waals surface area contributed by atoms with E-state index in [1.165, 1.54) is 0 Å². The molecule has 3 rings (SSSR count). The number of phenolic OH excluding ortho intramolecular Hbond substituents is 1. The molecule has 2 aromatic heterocycles. The van der Waals surface area contributed by atoms with Gasteiger partial charge in [0.2, 0.25) is 0 Å². The first-order chi connectivity index (χ1) is 10.8. The number of anilines is 1. The molecule has 0 amide bonds. The Kier molecular flexibility index (Phi) is 4.30. The predicted molar refractivity (Wildman–Crippen MR) is 86.5 cm³/mol. The largest absolute Gasteiger partial charge is 0.506 e. The van der Waals surface area contributed by atoms with Crippen LogP contribution in [-0.2, 0) is 13.1 Å². The van der Waals surface area contributed by atoms with Gasteiger partial charge in [-0.05, 0) is 36.4 Å². The minimum Gasteiger partial charge on any atom is -0.506 e. The molecular weight excluding hydrogens is 274 g/mol. The van der Waals surface area contributed by atoms with E-state index >= 15 is 0 Å². The van der Waals surface area contributed by atoms with Gasteiger partial charge in [-0.25, -0.2) is 0 Å². The maximum atomic E-state index is 10.2. The van der Waals surface area contributed by atoms with Crippen molar-refractivity contribution >= 4 is 5.69 Å². The Morgan fingerprint density at radius 1 is 0.727 bits per heavy atom. The van der Waals surface area contributed by atoms with Crippen molar-refractivity contribution in [3.63, 3.8) is 0 Å². The van der Waals surface area contributed by atoms with Crippen LogP contribution in [0.4, 0.5) is 5.69 Å². The molecule has 0 spiro atoms. The molecule has 0 bridgehead atoms. The molecule has 110 valence electrons. The first-order valence-electron chi connectivity index (χ1n) is 7.16. The van der Waals surface area contributed by atoms with Crippen LogP contribution >= 0.6 is 0 Å². The molecule has 1 N–H and O–H groups in total. The molecule has 1 aromatic carbocycles. The number of nitrogens with zero attached hydrogens (tertiary/aromatic N) is 3. The lowest BCUT2D eigenvalue weighted by Gasteiger charge is -2.25. The van der Waals surface area contributed by atoms with Crippen molar-refractivity contribution in [1.29, 1.82) is 0 Å². The number of para-hydroxylation sites is 2. The monoisotopic (exact) mass is 291 g/mol. The van der Waals surface area contributed by atoms with E-state index < -0.39 is 0 Å². The van der Waals surface area contributed by atoms with Gasteiger partial charge in [-0.3, -0.25) is 9.97 Å².